The fourth-order valence-electron chi connectivity index (χ4n) is 4.88. The molecule has 6 rings (SSSR count). The van der Waals surface area contributed by atoms with Crippen LogP contribution in [0.15, 0.2) is 88.7 Å². The van der Waals surface area contributed by atoms with Gasteiger partial charge in [-0.1, -0.05) is 30.3 Å². The maximum absolute atomic E-state index is 13.4. The maximum Gasteiger partial charge on any atom is 0.253 e. The van der Waals surface area contributed by atoms with Gasteiger partial charge in [-0.05, 0) is 71.3 Å². The number of hydrogen-bond donors (Lipinski definition) is 1. The van der Waals surface area contributed by atoms with Gasteiger partial charge >= 0.3 is 0 Å². The van der Waals surface area contributed by atoms with Crippen LogP contribution < -0.4 is 14.8 Å². The first kappa shape index (κ1) is 27.2. The molecular weight excluding hydrogens is 556 g/mol. The molecule has 3 aromatic carbocycles. The van der Waals surface area contributed by atoms with Crippen LogP contribution >= 0.6 is 11.3 Å². The number of anilines is 1. The van der Waals surface area contributed by atoms with Gasteiger partial charge in [0.1, 0.15) is 27.9 Å². The molecule has 0 saturated heterocycles. The number of aromatic nitrogens is 2. The molecule has 0 aliphatic heterocycles. The van der Waals surface area contributed by atoms with Crippen molar-refractivity contribution in [2.24, 2.45) is 0 Å². The lowest BCUT2D eigenvalue weighted by Gasteiger charge is -2.21. The molecule has 0 atom stereocenters. The Labute approximate surface area is 243 Å². The first-order chi connectivity index (χ1) is 20.0. The molecule has 0 bridgehead atoms. The second kappa shape index (κ2) is 11.5. The Balaban J connectivity index is 1.27. The number of benzene rings is 3. The summed E-state index contributed by atoms with van der Waals surface area (Å²) in [4.78, 5) is 8.98. The molecule has 0 amide bonds. The van der Waals surface area contributed by atoms with Crippen LogP contribution in [-0.2, 0) is 23.1 Å². The average molecular weight is 587 g/mol. The van der Waals surface area contributed by atoms with E-state index in [9.17, 15) is 8.42 Å². The molecule has 8 nitrogen and oxygen atoms in total. The number of nitrogens with zero attached hydrogens (tertiary/aromatic N) is 3. The molecule has 0 spiro atoms. The summed E-state index contributed by atoms with van der Waals surface area (Å²) in [5.74, 6) is 2.18. The number of sulfonamides is 1. The Morgan fingerprint density at radius 3 is 2.56 bits per heavy atom. The molecule has 1 fully saturated rings. The minimum absolute atomic E-state index is 0.0570. The highest BCUT2D eigenvalue weighted by Gasteiger charge is 2.38. The Hall–Kier alpha value is -3.99. The fourth-order valence-corrected chi connectivity index (χ4v) is 7.67. The van der Waals surface area contributed by atoms with Crippen LogP contribution in [0.25, 0.3) is 22.0 Å². The van der Waals surface area contributed by atoms with E-state index in [4.69, 9.17) is 9.47 Å². The molecule has 1 saturated carbocycles. The van der Waals surface area contributed by atoms with Gasteiger partial charge in [-0.3, -0.25) is 0 Å². The summed E-state index contributed by atoms with van der Waals surface area (Å²) in [5, 5.41) is 6.13. The van der Waals surface area contributed by atoms with E-state index in [0.29, 0.717) is 23.1 Å². The molecule has 1 aliphatic carbocycles. The lowest BCUT2D eigenvalue weighted by atomic mass is 10.0. The van der Waals surface area contributed by atoms with Gasteiger partial charge < -0.3 is 14.8 Å². The second-order valence-corrected chi connectivity index (χ2v) is 13.0. The van der Waals surface area contributed by atoms with Crippen molar-refractivity contribution in [3.05, 3.63) is 95.6 Å². The van der Waals surface area contributed by atoms with Crippen molar-refractivity contribution in [3.63, 3.8) is 0 Å². The summed E-state index contributed by atoms with van der Waals surface area (Å²) in [6.45, 7) is 0.848. The molecule has 210 valence electrons. The van der Waals surface area contributed by atoms with Crippen LogP contribution in [-0.4, -0.2) is 43.0 Å². The molecule has 5 aromatic rings. The summed E-state index contributed by atoms with van der Waals surface area (Å²) < 4.78 is 39.6. The van der Waals surface area contributed by atoms with Crippen LogP contribution in [0, 0.1) is 0 Å². The Morgan fingerprint density at radius 2 is 1.80 bits per heavy atom. The molecular formula is C31H30N4O4S2. The lowest BCUT2D eigenvalue weighted by Crippen LogP contribution is -2.32. The highest BCUT2D eigenvalue weighted by molar-refractivity contribution is 7.91. The van der Waals surface area contributed by atoms with Crippen molar-refractivity contribution < 1.29 is 17.9 Å². The van der Waals surface area contributed by atoms with E-state index in [1.165, 1.54) is 11.3 Å². The topological polar surface area (TPSA) is 93.6 Å². The summed E-state index contributed by atoms with van der Waals surface area (Å²) in [7, 11) is -0.265. The standard InChI is InChI=1S/C31H30N4O4S2/c1-38-26-12-8-24(29(17-26)39-2)18-32-31-27-16-23(9-13-28(27)33-20-34-31)22-6-3-5-21(15-22)19-35(25-10-11-25)41(36,37)30-7-4-14-40-30/h3-9,12-17,20,25H,10-11,18-19H2,1-2H3,(H,32,33,34). The zero-order chi connectivity index (χ0) is 28.4. The van der Waals surface area contributed by atoms with E-state index >= 15 is 0 Å². The van der Waals surface area contributed by atoms with Gasteiger partial charge in [-0.25, -0.2) is 18.4 Å². The number of hydrogen-bond acceptors (Lipinski definition) is 8. The molecule has 2 aromatic heterocycles. The zero-order valence-corrected chi connectivity index (χ0v) is 24.4. The van der Waals surface area contributed by atoms with Gasteiger partial charge in [-0.2, -0.15) is 4.31 Å². The van der Waals surface area contributed by atoms with Crippen LogP contribution in [0.2, 0.25) is 0 Å². The maximum atomic E-state index is 13.4. The van der Waals surface area contributed by atoms with Gasteiger partial charge in [0.2, 0.25) is 0 Å². The Kier molecular flexibility index (Phi) is 7.61. The lowest BCUT2D eigenvalue weighted by molar-refractivity contribution is 0.391. The number of fused-ring (bicyclic) bond motifs is 1. The second-order valence-electron chi connectivity index (χ2n) is 9.90. The summed E-state index contributed by atoms with van der Waals surface area (Å²) in [6.07, 6.45) is 3.34. The Morgan fingerprint density at radius 1 is 0.951 bits per heavy atom. The third-order valence-electron chi connectivity index (χ3n) is 7.19. The molecule has 10 heteroatoms. The summed E-state index contributed by atoms with van der Waals surface area (Å²) in [5.41, 5.74) is 4.75. The minimum atomic E-state index is -3.53. The molecule has 0 unspecified atom stereocenters. The Bertz CT molecular complexity index is 1790. The van der Waals surface area contributed by atoms with E-state index in [0.717, 1.165) is 57.5 Å². The largest absolute Gasteiger partial charge is 0.497 e. The molecule has 0 radical (unpaired) electrons. The van der Waals surface area contributed by atoms with Gasteiger partial charge in [-0.15, -0.1) is 11.3 Å². The summed E-state index contributed by atoms with van der Waals surface area (Å²) >= 11 is 1.26. The quantitative estimate of drug-likeness (QED) is 0.193. The van der Waals surface area contributed by atoms with Gasteiger partial charge in [0, 0.05) is 36.1 Å². The third kappa shape index (κ3) is 5.76. The van der Waals surface area contributed by atoms with Crippen molar-refractivity contribution in [3.8, 4) is 22.6 Å². The first-order valence-corrected chi connectivity index (χ1v) is 15.6. The molecule has 41 heavy (non-hydrogen) atoms. The van der Waals surface area contributed by atoms with Crippen molar-refractivity contribution in [2.75, 3.05) is 19.5 Å². The molecule has 2 heterocycles. The van der Waals surface area contributed by atoms with Crippen LogP contribution in [0.1, 0.15) is 24.0 Å². The SMILES string of the molecule is COc1ccc(CNc2ncnc3ccc(-c4cccc(CN(C5CC5)S(=O)(=O)c5cccs5)c4)cc23)c(OC)c1. The van der Waals surface area contributed by atoms with Crippen molar-refractivity contribution in [1.29, 1.82) is 0 Å². The summed E-state index contributed by atoms with van der Waals surface area (Å²) in [6, 6.07) is 23.4. The van der Waals surface area contributed by atoms with E-state index in [1.807, 2.05) is 48.5 Å². The smallest absolute Gasteiger partial charge is 0.253 e. The normalized spacial score (nSPS) is 13.4. The number of thiophene rings is 1. The molecule has 1 aliphatic rings. The van der Waals surface area contributed by atoms with Gasteiger partial charge in [0.25, 0.3) is 10.0 Å². The van der Waals surface area contributed by atoms with Crippen LogP contribution in [0.4, 0.5) is 5.82 Å². The molecule has 1 N–H and O–H groups in total. The minimum Gasteiger partial charge on any atom is -0.497 e. The number of methoxy groups -OCH3 is 2. The highest BCUT2D eigenvalue weighted by atomic mass is 32.2. The van der Waals surface area contributed by atoms with E-state index < -0.39 is 10.0 Å². The number of nitrogens with one attached hydrogen (secondary N) is 1. The van der Waals surface area contributed by atoms with Gasteiger partial charge in [0.15, 0.2) is 0 Å². The van der Waals surface area contributed by atoms with Crippen LogP contribution in [0.5, 0.6) is 11.5 Å². The van der Waals surface area contributed by atoms with E-state index in [1.54, 1.807) is 42.4 Å². The average Bonchev–Trinajstić information content (AvgIpc) is 3.68. The number of ether oxygens (including phenoxy) is 2. The van der Waals surface area contributed by atoms with Gasteiger partial charge in [0.05, 0.1) is 19.7 Å². The van der Waals surface area contributed by atoms with E-state index in [-0.39, 0.29) is 6.04 Å². The fraction of sp³-hybridized carbons (Fsp3) is 0.226. The monoisotopic (exact) mass is 586 g/mol. The zero-order valence-electron chi connectivity index (χ0n) is 22.8. The van der Waals surface area contributed by atoms with Crippen LogP contribution in [0.3, 0.4) is 0 Å². The number of rotatable bonds is 11. The third-order valence-corrected chi connectivity index (χ3v) is 10.5. The van der Waals surface area contributed by atoms with Crippen molar-refractivity contribution in [2.45, 2.75) is 36.2 Å². The van der Waals surface area contributed by atoms with Crippen molar-refractivity contribution in [1.82, 2.24) is 14.3 Å². The van der Waals surface area contributed by atoms with Crippen molar-refractivity contribution >= 4 is 38.1 Å². The predicted octanol–water partition coefficient (Wildman–Crippen LogP) is 6.34. The predicted molar refractivity (Wildman–Crippen MR) is 162 cm³/mol. The highest BCUT2D eigenvalue weighted by Crippen LogP contribution is 2.36. The first-order valence-electron chi connectivity index (χ1n) is 13.3. The van der Waals surface area contributed by atoms with E-state index in [2.05, 4.69) is 27.4 Å².